The summed E-state index contributed by atoms with van der Waals surface area (Å²) in [6, 6.07) is 16.5. The van der Waals surface area contributed by atoms with Crippen LogP contribution in [0.4, 0.5) is 17.5 Å². The second-order valence-electron chi connectivity index (χ2n) is 9.81. The third-order valence-electron chi connectivity index (χ3n) is 7.27. The Balaban J connectivity index is 1.37. The number of hydrogen-bond acceptors (Lipinski definition) is 6. The van der Waals surface area contributed by atoms with Crippen LogP contribution < -0.4 is 16.0 Å². The standard InChI is InChI=1S/C27H36N6/c1-19(2)32-14-16-33(17-15-32)23-11-8-20(9-12-23)21-10-13-25-24(18-21)26(31-27(28)30-25)29-22-6-4-3-5-7-22/h8-13,18-19,22H,3-7,14-17H2,1-2H3,(H3,28,29,30,31). The first-order valence-electron chi connectivity index (χ1n) is 12.5. The molecule has 2 aromatic carbocycles. The molecule has 2 heterocycles. The summed E-state index contributed by atoms with van der Waals surface area (Å²) in [4.78, 5) is 14.1. The maximum absolute atomic E-state index is 6.02. The number of fused-ring (bicyclic) bond motifs is 1. The summed E-state index contributed by atoms with van der Waals surface area (Å²) >= 11 is 0. The largest absolute Gasteiger partial charge is 0.369 e. The molecule has 0 spiro atoms. The van der Waals surface area contributed by atoms with Crippen molar-refractivity contribution in [2.24, 2.45) is 0 Å². The van der Waals surface area contributed by atoms with Crippen LogP contribution in [0.25, 0.3) is 22.0 Å². The fourth-order valence-electron chi connectivity index (χ4n) is 5.24. The maximum atomic E-state index is 6.02. The molecule has 1 aromatic heterocycles. The van der Waals surface area contributed by atoms with E-state index in [1.165, 1.54) is 48.9 Å². The van der Waals surface area contributed by atoms with Gasteiger partial charge in [-0.05, 0) is 62.1 Å². The Morgan fingerprint density at radius 3 is 2.27 bits per heavy atom. The first-order chi connectivity index (χ1) is 16.1. The van der Waals surface area contributed by atoms with Crippen LogP contribution in [0.1, 0.15) is 46.0 Å². The third-order valence-corrected chi connectivity index (χ3v) is 7.27. The van der Waals surface area contributed by atoms with E-state index in [0.29, 0.717) is 18.0 Å². The van der Waals surface area contributed by atoms with Gasteiger partial charge in [0.25, 0.3) is 0 Å². The van der Waals surface area contributed by atoms with E-state index < -0.39 is 0 Å². The highest BCUT2D eigenvalue weighted by atomic mass is 15.3. The first kappa shape index (κ1) is 22.0. The minimum absolute atomic E-state index is 0.329. The molecule has 1 saturated carbocycles. The Bertz CT molecular complexity index is 1080. The molecule has 5 rings (SSSR count). The number of hydrogen-bond donors (Lipinski definition) is 2. The molecular weight excluding hydrogens is 408 g/mol. The summed E-state index contributed by atoms with van der Waals surface area (Å²) in [5.41, 5.74) is 10.6. The number of aromatic nitrogens is 2. The molecule has 33 heavy (non-hydrogen) atoms. The minimum atomic E-state index is 0.329. The number of nitrogens with zero attached hydrogens (tertiary/aromatic N) is 4. The van der Waals surface area contributed by atoms with Crippen LogP contribution in [-0.2, 0) is 0 Å². The van der Waals surface area contributed by atoms with Crippen molar-refractivity contribution in [3.8, 4) is 11.1 Å². The van der Waals surface area contributed by atoms with Crippen LogP contribution in [0.5, 0.6) is 0 Å². The summed E-state index contributed by atoms with van der Waals surface area (Å²) in [7, 11) is 0. The fraction of sp³-hybridized carbons (Fsp3) is 0.481. The molecule has 3 aromatic rings. The van der Waals surface area contributed by atoms with Gasteiger partial charge in [0.2, 0.25) is 5.95 Å². The molecule has 6 heteroatoms. The summed E-state index contributed by atoms with van der Waals surface area (Å²) in [5.74, 6) is 1.20. The summed E-state index contributed by atoms with van der Waals surface area (Å²) in [6.07, 6.45) is 6.27. The molecule has 6 nitrogen and oxygen atoms in total. The van der Waals surface area contributed by atoms with Crippen molar-refractivity contribution in [3.63, 3.8) is 0 Å². The zero-order chi connectivity index (χ0) is 22.8. The van der Waals surface area contributed by atoms with Crippen LogP contribution in [0.2, 0.25) is 0 Å². The first-order valence-corrected chi connectivity index (χ1v) is 12.5. The molecule has 0 radical (unpaired) electrons. The van der Waals surface area contributed by atoms with Gasteiger partial charge in [-0.2, -0.15) is 4.98 Å². The van der Waals surface area contributed by atoms with E-state index in [9.17, 15) is 0 Å². The number of anilines is 3. The van der Waals surface area contributed by atoms with Gasteiger partial charge in [-0.3, -0.25) is 4.90 Å². The number of rotatable bonds is 5. The molecule has 3 N–H and O–H groups in total. The van der Waals surface area contributed by atoms with Crippen molar-refractivity contribution in [3.05, 3.63) is 42.5 Å². The van der Waals surface area contributed by atoms with Gasteiger partial charge in [-0.25, -0.2) is 4.98 Å². The molecule has 0 unspecified atom stereocenters. The van der Waals surface area contributed by atoms with Gasteiger partial charge in [0.05, 0.1) is 5.52 Å². The highest BCUT2D eigenvalue weighted by Gasteiger charge is 2.19. The van der Waals surface area contributed by atoms with Crippen molar-refractivity contribution in [1.82, 2.24) is 14.9 Å². The Kier molecular flexibility index (Phi) is 6.36. The van der Waals surface area contributed by atoms with Gasteiger partial charge in [0, 0.05) is 49.3 Å². The Labute approximate surface area is 197 Å². The zero-order valence-corrected chi connectivity index (χ0v) is 19.9. The highest BCUT2D eigenvalue weighted by molar-refractivity contribution is 5.93. The minimum Gasteiger partial charge on any atom is -0.369 e. The molecule has 1 saturated heterocycles. The Morgan fingerprint density at radius 2 is 1.58 bits per heavy atom. The van der Waals surface area contributed by atoms with Gasteiger partial charge in [0.1, 0.15) is 5.82 Å². The van der Waals surface area contributed by atoms with E-state index in [1.807, 2.05) is 0 Å². The lowest BCUT2D eigenvalue weighted by Gasteiger charge is -2.38. The van der Waals surface area contributed by atoms with E-state index in [2.05, 4.69) is 81.4 Å². The van der Waals surface area contributed by atoms with E-state index in [1.54, 1.807) is 0 Å². The normalized spacial score (nSPS) is 18.2. The third kappa shape index (κ3) is 4.91. The molecule has 1 aliphatic carbocycles. The molecule has 2 aliphatic rings. The lowest BCUT2D eigenvalue weighted by molar-refractivity contribution is 0.209. The van der Waals surface area contributed by atoms with Crippen LogP contribution in [0.15, 0.2) is 42.5 Å². The van der Waals surface area contributed by atoms with Crippen LogP contribution in [-0.4, -0.2) is 53.1 Å². The molecule has 0 atom stereocenters. The Hall–Kier alpha value is -2.86. The van der Waals surface area contributed by atoms with Crippen molar-refractivity contribution in [2.75, 3.05) is 42.1 Å². The predicted molar refractivity (Wildman–Crippen MR) is 139 cm³/mol. The Morgan fingerprint density at radius 1 is 0.879 bits per heavy atom. The number of nitrogen functional groups attached to an aromatic ring is 1. The maximum Gasteiger partial charge on any atom is 0.222 e. The van der Waals surface area contributed by atoms with Crippen LogP contribution in [0, 0.1) is 0 Å². The number of benzene rings is 2. The van der Waals surface area contributed by atoms with Crippen LogP contribution in [0.3, 0.4) is 0 Å². The second kappa shape index (κ2) is 9.56. The smallest absolute Gasteiger partial charge is 0.222 e. The predicted octanol–water partition coefficient (Wildman–Crippen LogP) is 5.15. The molecule has 1 aliphatic heterocycles. The van der Waals surface area contributed by atoms with Gasteiger partial charge in [0.15, 0.2) is 0 Å². The average Bonchev–Trinajstić information content (AvgIpc) is 2.84. The second-order valence-corrected chi connectivity index (χ2v) is 9.81. The summed E-state index contributed by atoms with van der Waals surface area (Å²) in [6.45, 7) is 8.99. The van der Waals surface area contributed by atoms with Gasteiger partial charge in [-0.15, -0.1) is 0 Å². The van der Waals surface area contributed by atoms with E-state index in [-0.39, 0.29) is 0 Å². The quantitative estimate of drug-likeness (QED) is 0.567. The van der Waals surface area contributed by atoms with Crippen molar-refractivity contribution >= 4 is 28.4 Å². The summed E-state index contributed by atoms with van der Waals surface area (Å²) in [5, 5.41) is 4.71. The number of piperazine rings is 1. The fourth-order valence-corrected chi connectivity index (χ4v) is 5.24. The van der Waals surface area contributed by atoms with Gasteiger partial charge < -0.3 is 16.0 Å². The number of nitrogens with two attached hydrogens (primary N) is 1. The molecule has 0 amide bonds. The van der Waals surface area contributed by atoms with E-state index in [4.69, 9.17) is 5.73 Å². The van der Waals surface area contributed by atoms with Crippen molar-refractivity contribution in [1.29, 1.82) is 0 Å². The van der Waals surface area contributed by atoms with Crippen molar-refractivity contribution < 1.29 is 0 Å². The average molecular weight is 445 g/mol. The molecule has 0 bridgehead atoms. The molecular formula is C27H36N6. The SMILES string of the molecule is CC(C)N1CCN(c2ccc(-c3ccc4nc(N)nc(NC5CCCCC5)c4c3)cc2)CC1. The van der Waals surface area contributed by atoms with Crippen LogP contribution >= 0.6 is 0 Å². The summed E-state index contributed by atoms with van der Waals surface area (Å²) < 4.78 is 0. The monoisotopic (exact) mass is 444 g/mol. The van der Waals surface area contributed by atoms with E-state index in [0.717, 1.165) is 42.9 Å². The van der Waals surface area contributed by atoms with Crippen molar-refractivity contribution in [2.45, 2.75) is 58.0 Å². The number of nitrogens with one attached hydrogen (secondary N) is 1. The van der Waals surface area contributed by atoms with E-state index >= 15 is 0 Å². The molecule has 2 fully saturated rings. The lowest BCUT2D eigenvalue weighted by atomic mass is 9.95. The topological polar surface area (TPSA) is 70.3 Å². The molecule has 174 valence electrons. The van der Waals surface area contributed by atoms with Gasteiger partial charge >= 0.3 is 0 Å². The lowest BCUT2D eigenvalue weighted by Crippen LogP contribution is -2.48. The highest BCUT2D eigenvalue weighted by Crippen LogP contribution is 2.31. The zero-order valence-electron chi connectivity index (χ0n) is 19.9. The van der Waals surface area contributed by atoms with Gasteiger partial charge in [-0.1, -0.05) is 37.5 Å².